The molecule has 4 aromatic carbocycles. The summed E-state index contributed by atoms with van der Waals surface area (Å²) in [5.74, 6) is -0.914. The molecule has 0 aliphatic carbocycles. The minimum Gasteiger partial charge on any atom is -0.354 e. The van der Waals surface area contributed by atoms with Crippen molar-refractivity contribution in [2.24, 2.45) is 0 Å². The van der Waals surface area contributed by atoms with Crippen LogP contribution in [0.4, 0.5) is 5.69 Å². The maximum Gasteiger partial charge on any atom is 0.264 e. The molecule has 0 heterocycles. The van der Waals surface area contributed by atoms with Gasteiger partial charge in [-0.3, -0.25) is 13.9 Å². The fourth-order valence-electron chi connectivity index (χ4n) is 4.60. The van der Waals surface area contributed by atoms with E-state index in [1.54, 1.807) is 66.7 Å². The number of hydrogen-bond acceptors (Lipinski definition) is 4. The van der Waals surface area contributed by atoms with Crippen LogP contribution in [0.2, 0.25) is 10.0 Å². The van der Waals surface area contributed by atoms with Gasteiger partial charge < -0.3 is 10.2 Å². The van der Waals surface area contributed by atoms with Crippen LogP contribution in [0.1, 0.15) is 24.5 Å². The summed E-state index contributed by atoms with van der Waals surface area (Å²) in [5, 5.41) is 3.68. The van der Waals surface area contributed by atoms with Crippen molar-refractivity contribution in [3.8, 4) is 0 Å². The molecule has 4 aromatic rings. The van der Waals surface area contributed by atoms with E-state index >= 15 is 0 Å². The molecular formula is C33H33Cl2N3O4S. The number of hydrogen-bond donors (Lipinski definition) is 1. The largest absolute Gasteiger partial charge is 0.354 e. The lowest BCUT2D eigenvalue weighted by Crippen LogP contribution is -2.53. The number of sulfonamides is 1. The molecule has 43 heavy (non-hydrogen) atoms. The van der Waals surface area contributed by atoms with Crippen LogP contribution in [0.5, 0.6) is 0 Å². The number of nitrogens with one attached hydrogen (secondary N) is 1. The van der Waals surface area contributed by atoms with E-state index in [-0.39, 0.29) is 23.8 Å². The van der Waals surface area contributed by atoms with Gasteiger partial charge in [-0.2, -0.15) is 0 Å². The van der Waals surface area contributed by atoms with Gasteiger partial charge in [0.2, 0.25) is 11.8 Å². The molecule has 2 amide bonds. The van der Waals surface area contributed by atoms with Crippen LogP contribution in [-0.4, -0.2) is 44.3 Å². The SMILES string of the molecule is CCCNC(=O)C(Cc1ccccc1)N(Cc1ccc(Cl)cc1Cl)C(=O)CN(c1ccccc1)S(=O)(=O)c1ccccc1. The maximum atomic E-state index is 14.4. The minimum atomic E-state index is -4.15. The van der Waals surface area contributed by atoms with Gasteiger partial charge in [0.15, 0.2) is 0 Å². The molecule has 0 spiro atoms. The second kappa shape index (κ2) is 15.0. The first kappa shape index (κ1) is 32.1. The van der Waals surface area contributed by atoms with E-state index in [9.17, 15) is 18.0 Å². The first-order valence-corrected chi connectivity index (χ1v) is 16.1. The third-order valence-electron chi connectivity index (χ3n) is 6.83. The van der Waals surface area contributed by atoms with Crippen molar-refractivity contribution in [2.75, 3.05) is 17.4 Å². The van der Waals surface area contributed by atoms with Crippen LogP contribution in [0.15, 0.2) is 114 Å². The molecule has 0 aromatic heterocycles. The van der Waals surface area contributed by atoms with Gasteiger partial charge in [-0.05, 0) is 53.9 Å². The average molecular weight is 639 g/mol. The molecule has 0 aliphatic heterocycles. The number of rotatable bonds is 13. The fraction of sp³-hybridized carbons (Fsp3) is 0.212. The van der Waals surface area contributed by atoms with Crippen LogP contribution in [0, 0.1) is 0 Å². The van der Waals surface area contributed by atoms with Gasteiger partial charge in [0.1, 0.15) is 12.6 Å². The highest BCUT2D eigenvalue weighted by atomic mass is 35.5. The Bertz CT molecular complexity index is 1620. The normalized spacial score (nSPS) is 11.9. The van der Waals surface area contributed by atoms with Gasteiger partial charge in [0, 0.05) is 29.6 Å². The number of para-hydroxylation sites is 1. The summed E-state index contributed by atoms with van der Waals surface area (Å²) >= 11 is 12.7. The Morgan fingerprint density at radius 2 is 1.44 bits per heavy atom. The number of amides is 2. The van der Waals surface area contributed by atoms with Gasteiger partial charge in [0.25, 0.3) is 10.0 Å². The summed E-state index contributed by atoms with van der Waals surface area (Å²) in [6, 6.07) is 29.7. The zero-order valence-corrected chi connectivity index (χ0v) is 26.0. The van der Waals surface area contributed by atoms with Crippen molar-refractivity contribution >= 4 is 50.7 Å². The molecule has 4 rings (SSSR count). The molecule has 10 heteroatoms. The van der Waals surface area contributed by atoms with Gasteiger partial charge in [-0.15, -0.1) is 0 Å². The number of carbonyl (C=O) groups is 2. The van der Waals surface area contributed by atoms with E-state index in [4.69, 9.17) is 23.2 Å². The second-order valence-electron chi connectivity index (χ2n) is 9.91. The lowest BCUT2D eigenvalue weighted by atomic mass is 10.0. The van der Waals surface area contributed by atoms with E-state index in [1.165, 1.54) is 17.0 Å². The van der Waals surface area contributed by atoms with Crippen LogP contribution < -0.4 is 9.62 Å². The van der Waals surface area contributed by atoms with E-state index in [0.717, 1.165) is 9.87 Å². The summed E-state index contributed by atoms with van der Waals surface area (Å²) in [5.41, 5.74) is 1.73. The third kappa shape index (κ3) is 8.38. The fourth-order valence-corrected chi connectivity index (χ4v) is 6.50. The number of halogens is 2. The molecule has 7 nitrogen and oxygen atoms in total. The number of benzene rings is 4. The average Bonchev–Trinajstić information content (AvgIpc) is 3.02. The van der Waals surface area contributed by atoms with E-state index in [1.807, 2.05) is 37.3 Å². The van der Waals surface area contributed by atoms with Crippen LogP contribution in [0.3, 0.4) is 0 Å². The monoisotopic (exact) mass is 637 g/mol. The third-order valence-corrected chi connectivity index (χ3v) is 9.21. The first-order chi connectivity index (χ1) is 20.7. The Hall–Kier alpha value is -3.85. The summed E-state index contributed by atoms with van der Waals surface area (Å²) < 4.78 is 28.9. The molecule has 0 saturated carbocycles. The molecule has 1 unspecified atom stereocenters. The summed E-state index contributed by atoms with van der Waals surface area (Å²) in [7, 11) is -4.15. The Morgan fingerprint density at radius 3 is 2.05 bits per heavy atom. The van der Waals surface area contributed by atoms with Crippen molar-refractivity contribution < 1.29 is 18.0 Å². The minimum absolute atomic E-state index is 0.0418. The van der Waals surface area contributed by atoms with Crippen LogP contribution in [-0.2, 0) is 32.6 Å². The van der Waals surface area contributed by atoms with Crippen molar-refractivity contribution in [3.05, 3.63) is 130 Å². The lowest BCUT2D eigenvalue weighted by Gasteiger charge is -2.34. The molecule has 0 aliphatic rings. The second-order valence-corrected chi connectivity index (χ2v) is 12.6. The van der Waals surface area contributed by atoms with Gasteiger partial charge in [-0.25, -0.2) is 8.42 Å². The molecule has 1 N–H and O–H groups in total. The van der Waals surface area contributed by atoms with Crippen LogP contribution in [0.25, 0.3) is 0 Å². The molecule has 0 saturated heterocycles. The Kier molecular flexibility index (Phi) is 11.2. The first-order valence-electron chi connectivity index (χ1n) is 13.9. The number of carbonyl (C=O) groups excluding carboxylic acids is 2. The summed E-state index contributed by atoms with van der Waals surface area (Å²) in [6.45, 7) is 1.78. The van der Waals surface area contributed by atoms with Crippen molar-refractivity contribution in [1.29, 1.82) is 0 Å². The molecule has 0 fully saturated rings. The van der Waals surface area contributed by atoms with Crippen molar-refractivity contribution in [3.63, 3.8) is 0 Å². The Morgan fingerprint density at radius 1 is 0.837 bits per heavy atom. The highest BCUT2D eigenvalue weighted by molar-refractivity contribution is 7.92. The van der Waals surface area contributed by atoms with Crippen molar-refractivity contribution in [2.45, 2.75) is 37.2 Å². The Balaban J connectivity index is 1.79. The zero-order chi connectivity index (χ0) is 30.8. The molecule has 224 valence electrons. The summed E-state index contributed by atoms with van der Waals surface area (Å²) in [6.07, 6.45) is 0.919. The lowest BCUT2D eigenvalue weighted by molar-refractivity contribution is -0.140. The molecule has 1 atom stereocenters. The van der Waals surface area contributed by atoms with Gasteiger partial charge in [0.05, 0.1) is 10.6 Å². The highest BCUT2D eigenvalue weighted by Crippen LogP contribution is 2.27. The smallest absolute Gasteiger partial charge is 0.264 e. The van der Waals surface area contributed by atoms with E-state index in [0.29, 0.717) is 34.3 Å². The van der Waals surface area contributed by atoms with Gasteiger partial charge in [-0.1, -0.05) is 103 Å². The van der Waals surface area contributed by atoms with Crippen molar-refractivity contribution in [1.82, 2.24) is 10.2 Å². The number of nitrogens with zero attached hydrogens (tertiary/aromatic N) is 2. The van der Waals surface area contributed by atoms with Gasteiger partial charge >= 0.3 is 0 Å². The van der Waals surface area contributed by atoms with Crippen LogP contribution >= 0.6 is 23.2 Å². The highest BCUT2D eigenvalue weighted by Gasteiger charge is 2.34. The Labute approximate surface area is 263 Å². The standard InChI is InChI=1S/C33H33Cl2N3O4S/c1-2-20-36-33(40)31(21-25-12-6-3-7-13-25)37(23-26-18-19-27(34)22-30(26)35)32(39)24-38(28-14-8-4-9-15-28)43(41,42)29-16-10-5-11-17-29/h3-19,22,31H,2,20-21,23-24H2,1H3,(H,36,40). The topological polar surface area (TPSA) is 86.8 Å². The predicted molar refractivity (Wildman–Crippen MR) is 172 cm³/mol. The molecular weight excluding hydrogens is 605 g/mol. The van der Waals surface area contributed by atoms with E-state index < -0.39 is 28.5 Å². The zero-order valence-electron chi connectivity index (χ0n) is 23.7. The van der Waals surface area contributed by atoms with E-state index in [2.05, 4.69) is 5.32 Å². The quantitative estimate of drug-likeness (QED) is 0.185. The summed E-state index contributed by atoms with van der Waals surface area (Å²) in [4.78, 5) is 29.5. The predicted octanol–water partition coefficient (Wildman–Crippen LogP) is 6.36. The number of anilines is 1. The molecule has 0 bridgehead atoms. The molecule has 0 radical (unpaired) electrons. The maximum absolute atomic E-state index is 14.4.